The lowest BCUT2D eigenvalue weighted by atomic mass is 9.79. The van der Waals surface area contributed by atoms with Gasteiger partial charge in [-0.25, -0.2) is 0 Å². The summed E-state index contributed by atoms with van der Waals surface area (Å²) in [6, 6.07) is 1.11. The van der Waals surface area contributed by atoms with Crippen LogP contribution in [-0.4, -0.2) is 216 Å². The van der Waals surface area contributed by atoms with Crippen LogP contribution in [0.15, 0.2) is 0 Å². The molecule has 5 fully saturated rings. The van der Waals surface area contributed by atoms with Gasteiger partial charge in [0.25, 0.3) is 0 Å². The molecule has 0 bridgehead atoms. The van der Waals surface area contributed by atoms with E-state index in [1.54, 1.807) is 0 Å². The Bertz CT molecular complexity index is 3390. The first-order valence-electron chi connectivity index (χ1n) is 50.3. The van der Waals surface area contributed by atoms with E-state index >= 15 is 0 Å². The highest BCUT2D eigenvalue weighted by Crippen LogP contribution is 2.42. The molecule has 708 valence electrons. The van der Waals surface area contributed by atoms with Gasteiger partial charge in [0.1, 0.15) is 0 Å². The van der Waals surface area contributed by atoms with E-state index in [0.717, 1.165) is 350 Å². The SMILES string of the molecule is C.CCCCN(C)c1nc(N(CCCC)CCCC)nc(N(CCCCCCN(c2nc(N(CCCC)C3CC(C)(C)NC(C)(C)C3)nc(N(CCCCCCN(c3nc(N(CCCC)CCCC)nc(N(CCCC)CCCC)n3)C3CC(C)(C)NC(C)(C)C3)C3CC(C)(C)NC(C)(C)C3)n2)C2CC(C)(C)NC(C)(C)C2)C2CC(C)(C)NC(C)(C)C2)n1. The number of rotatable bonds is 52. The molecule has 0 unspecified atom stereocenters. The van der Waals surface area contributed by atoms with Gasteiger partial charge < -0.3 is 70.7 Å². The lowest BCUT2D eigenvalue weighted by molar-refractivity contribution is 0.155. The number of nitrogens with zero attached hydrogens (tertiary/aromatic N) is 18. The van der Waals surface area contributed by atoms with Crippen molar-refractivity contribution < 1.29 is 0 Å². The van der Waals surface area contributed by atoms with Gasteiger partial charge in [0.15, 0.2) is 0 Å². The second kappa shape index (κ2) is 46.5. The molecule has 8 heterocycles. The first kappa shape index (κ1) is 105. The second-order valence-electron chi connectivity index (χ2n) is 45.5. The number of hydrogen-bond acceptors (Lipinski definition) is 23. The van der Waals surface area contributed by atoms with E-state index in [2.05, 4.69) is 272 Å². The summed E-state index contributed by atoms with van der Waals surface area (Å²) in [5, 5.41) is 20.4. The Hall–Kier alpha value is -4.97. The molecular formula is C100H193N23. The molecule has 0 saturated carbocycles. The standard InChI is InChI=1S/C99H189N23.CH4/c1-30-38-54-114(29)81-100-82(115(55-39-31-2)56-40-32-3)103-85(101-81)119(77-68-92(13,14)110-93(15,16)69-77)62-50-46-48-52-64-121(79-72-96(21,22)112-97(23,24)73-79)88-106-87(118(61-45-37-8)76-66-90(9,10)109-91(11,12)67-76)107-89(108-88)122(80-74-98(25,26)113-99(27,28)75-80)65-53-49-47-51-63-120(78-70-94(17,18)111-95(19,20)71-78)86-104-83(116(57-41-33-4)58-42-34-5)102-84(105-86)117(59-43-35-6)60-44-36-7;/h76-80,109-113H,30-75H2,1-29H3;1H4. The molecule has 5 N–H and O–H groups in total. The molecule has 0 aliphatic carbocycles. The normalized spacial score (nSPS) is 20.4. The third kappa shape index (κ3) is 32.9. The quantitative estimate of drug-likeness (QED) is 0.0333. The number of piperidine rings is 5. The summed E-state index contributed by atoms with van der Waals surface area (Å²) in [6.45, 7) is 77.6. The van der Waals surface area contributed by atoms with Crippen molar-refractivity contribution in [2.75, 3.05) is 130 Å². The monoisotopic (exact) mass is 1720 g/mol. The van der Waals surface area contributed by atoms with Crippen molar-refractivity contribution in [3.63, 3.8) is 0 Å². The Morgan fingerprint density at radius 3 is 0.545 bits per heavy atom. The zero-order valence-electron chi connectivity index (χ0n) is 84.5. The van der Waals surface area contributed by atoms with Gasteiger partial charge in [0.05, 0.1) is 0 Å². The average Bonchev–Trinajstić information content (AvgIpc) is 0.847. The minimum Gasteiger partial charge on any atom is -0.344 e. The smallest absolute Gasteiger partial charge is 0.232 e. The van der Waals surface area contributed by atoms with E-state index in [9.17, 15) is 0 Å². The van der Waals surface area contributed by atoms with Crippen LogP contribution in [-0.2, 0) is 0 Å². The molecule has 5 aliphatic rings. The van der Waals surface area contributed by atoms with Gasteiger partial charge in [0.2, 0.25) is 53.5 Å². The molecule has 0 spiro atoms. The molecular weight excluding hydrogens is 1520 g/mol. The fourth-order valence-electron chi connectivity index (χ4n) is 22.6. The average molecular weight is 1720 g/mol. The van der Waals surface area contributed by atoms with E-state index < -0.39 is 0 Å². The lowest BCUT2D eigenvalue weighted by Gasteiger charge is -2.51. The molecule has 8 rings (SSSR count). The van der Waals surface area contributed by atoms with E-state index in [1.807, 2.05) is 0 Å². The fraction of sp³-hybridized carbons (Fsp3) is 0.910. The predicted molar refractivity (Wildman–Crippen MR) is 531 cm³/mol. The van der Waals surface area contributed by atoms with Crippen molar-refractivity contribution in [1.29, 1.82) is 0 Å². The Labute approximate surface area is 755 Å². The van der Waals surface area contributed by atoms with Crippen LogP contribution < -0.4 is 70.7 Å². The summed E-state index contributed by atoms with van der Waals surface area (Å²) in [6.07, 6.45) is 36.1. The second-order valence-corrected chi connectivity index (χ2v) is 45.5. The lowest BCUT2D eigenvalue weighted by Crippen LogP contribution is -2.63. The topological polar surface area (TPSA) is 205 Å². The molecule has 5 saturated heterocycles. The molecule has 0 atom stereocenters. The van der Waals surface area contributed by atoms with E-state index in [0.29, 0.717) is 0 Å². The summed E-state index contributed by atoms with van der Waals surface area (Å²) in [5.41, 5.74) is -0.901. The summed E-state index contributed by atoms with van der Waals surface area (Å²) >= 11 is 0. The van der Waals surface area contributed by atoms with Crippen molar-refractivity contribution in [3.8, 4) is 0 Å². The largest absolute Gasteiger partial charge is 0.344 e. The van der Waals surface area contributed by atoms with E-state index in [4.69, 9.17) is 44.9 Å². The van der Waals surface area contributed by atoms with E-state index in [1.165, 1.54) is 0 Å². The summed E-state index contributed by atoms with van der Waals surface area (Å²) in [5.74, 6) is 7.58. The van der Waals surface area contributed by atoms with Gasteiger partial charge >= 0.3 is 0 Å². The molecule has 0 radical (unpaired) electrons. The van der Waals surface area contributed by atoms with Crippen molar-refractivity contribution in [3.05, 3.63) is 0 Å². The zero-order valence-corrected chi connectivity index (χ0v) is 84.5. The number of aromatic nitrogens is 9. The van der Waals surface area contributed by atoms with Crippen molar-refractivity contribution >= 4 is 53.5 Å². The van der Waals surface area contributed by atoms with Crippen LogP contribution in [0.25, 0.3) is 0 Å². The van der Waals surface area contributed by atoms with Crippen molar-refractivity contribution in [2.24, 2.45) is 0 Å². The highest BCUT2D eigenvalue weighted by Gasteiger charge is 2.48. The molecule has 3 aromatic rings. The first-order valence-corrected chi connectivity index (χ1v) is 50.3. The van der Waals surface area contributed by atoms with Crippen molar-refractivity contribution in [1.82, 2.24) is 71.4 Å². The first-order chi connectivity index (χ1) is 57.3. The summed E-state index contributed by atoms with van der Waals surface area (Å²) in [7, 11) is 2.18. The maximum absolute atomic E-state index is 6.10. The maximum atomic E-state index is 6.10. The summed E-state index contributed by atoms with van der Waals surface area (Å²) in [4.78, 5) is 74.6. The van der Waals surface area contributed by atoms with Crippen LogP contribution in [0.4, 0.5) is 53.5 Å². The Morgan fingerprint density at radius 2 is 0.350 bits per heavy atom. The van der Waals surface area contributed by atoms with Crippen LogP contribution in [0.3, 0.4) is 0 Å². The number of nitrogens with one attached hydrogen (secondary N) is 5. The molecule has 0 amide bonds. The number of hydrogen-bond donors (Lipinski definition) is 5. The number of anilines is 9. The Balaban J connectivity index is 0.0000208. The van der Waals surface area contributed by atoms with Gasteiger partial charge in [-0.1, -0.05) is 140 Å². The third-order valence-electron chi connectivity index (χ3n) is 26.7. The highest BCUT2D eigenvalue weighted by molar-refractivity contribution is 5.52. The van der Waals surface area contributed by atoms with Crippen LogP contribution in [0.2, 0.25) is 0 Å². The molecule has 3 aromatic heterocycles. The third-order valence-corrected chi connectivity index (χ3v) is 26.7. The molecule has 0 aromatic carbocycles. The van der Waals surface area contributed by atoms with Gasteiger partial charge in [0, 0.05) is 171 Å². The maximum Gasteiger partial charge on any atom is 0.232 e. The molecule has 23 heteroatoms. The highest BCUT2D eigenvalue weighted by atomic mass is 15.4. The Kier molecular flexibility index (Phi) is 39.7. The number of unbranched alkanes of at least 4 members (excludes halogenated alkanes) is 14. The fourth-order valence-corrected chi connectivity index (χ4v) is 22.6. The van der Waals surface area contributed by atoms with Crippen LogP contribution >= 0.6 is 0 Å². The zero-order chi connectivity index (χ0) is 89.7. The minimum atomic E-state index is -0.118. The Morgan fingerprint density at radius 1 is 0.203 bits per heavy atom. The van der Waals surface area contributed by atoms with Crippen LogP contribution in [0, 0.1) is 0 Å². The predicted octanol–water partition coefficient (Wildman–Crippen LogP) is 21.2. The minimum absolute atomic E-state index is 0. The van der Waals surface area contributed by atoms with Crippen LogP contribution in [0.5, 0.6) is 0 Å². The van der Waals surface area contributed by atoms with Crippen molar-refractivity contribution in [2.45, 2.75) is 505 Å². The molecule has 23 nitrogen and oxygen atoms in total. The molecule has 123 heavy (non-hydrogen) atoms. The summed E-state index contributed by atoms with van der Waals surface area (Å²) < 4.78 is 0. The van der Waals surface area contributed by atoms with E-state index in [-0.39, 0.29) is 93.0 Å². The van der Waals surface area contributed by atoms with Crippen LogP contribution in [0.1, 0.15) is 420 Å². The van der Waals surface area contributed by atoms with Gasteiger partial charge in [-0.05, 0) is 280 Å². The molecule has 5 aliphatic heterocycles. The van der Waals surface area contributed by atoms with Gasteiger partial charge in [-0.2, -0.15) is 44.9 Å². The van der Waals surface area contributed by atoms with Gasteiger partial charge in [-0.3, -0.25) is 0 Å². The van der Waals surface area contributed by atoms with Gasteiger partial charge in [-0.15, -0.1) is 0 Å².